The Kier molecular flexibility index (Phi) is 3.36. The minimum absolute atomic E-state index is 0.258. The van der Waals surface area contributed by atoms with Crippen molar-refractivity contribution in [1.29, 1.82) is 5.26 Å². The average Bonchev–Trinajstić information content (AvgIpc) is 2.84. The molecule has 2 heterocycles. The number of nitriles is 1. The summed E-state index contributed by atoms with van der Waals surface area (Å²) >= 11 is 6.03. The zero-order valence-electron chi connectivity index (χ0n) is 11.8. The lowest BCUT2D eigenvalue weighted by molar-refractivity contribution is 0.963. The maximum absolute atomic E-state index is 9.44. The fraction of sp³-hybridized carbons (Fsp3) is 0.188. The molecule has 2 aromatic heterocycles. The van der Waals surface area contributed by atoms with E-state index in [1.807, 2.05) is 42.7 Å². The molecular weight excluding hydrogens is 284 g/mol. The van der Waals surface area contributed by atoms with E-state index in [0.29, 0.717) is 11.4 Å². The third-order valence-electron chi connectivity index (χ3n) is 3.43. The highest BCUT2D eigenvalue weighted by Gasteiger charge is 2.16. The Morgan fingerprint density at radius 2 is 2.14 bits per heavy atom. The standard InChI is InChI=1S/C16H13ClN4/c1-10-6-13-16(19-9-10)21(15(7-17)20-13)14-5-3-4-11(2)12(14)8-18/h3-6,9H,7H2,1-2H3. The van der Waals surface area contributed by atoms with Crippen molar-refractivity contribution in [1.82, 2.24) is 14.5 Å². The van der Waals surface area contributed by atoms with Gasteiger partial charge < -0.3 is 0 Å². The minimum atomic E-state index is 0.258. The van der Waals surface area contributed by atoms with Crippen LogP contribution in [0, 0.1) is 25.2 Å². The molecule has 3 rings (SSSR count). The summed E-state index contributed by atoms with van der Waals surface area (Å²) in [5, 5.41) is 9.44. The highest BCUT2D eigenvalue weighted by atomic mass is 35.5. The normalized spacial score (nSPS) is 10.8. The summed E-state index contributed by atoms with van der Waals surface area (Å²) in [6.07, 6.45) is 1.79. The second kappa shape index (κ2) is 5.19. The van der Waals surface area contributed by atoms with Crippen molar-refractivity contribution >= 4 is 22.8 Å². The first kappa shape index (κ1) is 13.6. The van der Waals surface area contributed by atoms with Gasteiger partial charge in [-0.3, -0.25) is 4.57 Å². The Bertz CT molecular complexity index is 874. The molecule has 0 saturated carbocycles. The quantitative estimate of drug-likeness (QED) is 0.678. The predicted octanol–water partition coefficient (Wildman–Crippen LogP) is 3.65. The van der Waals surface area contributed by atoms with Gasteiger partial charge in [0, 0.05) is 6.20 Å². The van der Waals surface area contributed by atoms with Gasteiger partial charge in [0.1, 0.15) is 17.4 Å². The van der Waals surface area contributed by atoms with Crippen LogP contribution in [0.1, 0.15) is 22.5 Å². The van der Waals surface area contributed by atoms with E-state index in [-0.39, 0.29) is 5.88 Å². The number of rotatable bonds is 2. The first-order chi connectivity index (χ1) is 10.2. The van der Waals surface area contributed by atoms with E-state index in [4.69, 9.17) is 11.6 Å². The highest BCUT2D eigenvalue weighted by molar-refractivity contribution is 6.17. The van der Waals surface area contributed by atoms with Gasteiger partial charge in [-0.1, -0.05) is 12.1 Å². The van der Waals surface area contributed by atoms with Gasteiger partial charge in [0.05, 0.1) is 17.1 Å². The molecule has 0 unspecified atom stereocenters. The molecule has 0 amide bonds. The second-order valence-corrected chi connectivity index (χ2v) is 5.20. The van der Waals surface area contributed by atoms with Crippen LogP contribution < -0.4 is 0 Å². The summed E-state index contributed by atoms with van der Waals surface area (Å²) in [5.41, 5.74) is 4.86. The molecule has 5 heteroatoms. The molecular formula is C16H13ClN4. The van der Waals surface area contributed by atoms with Crippen LogP contribution in [0.2, 0.25) is 0 Å². The average molecular weight is 297 g/mol. The lowest BCUT2D eigenvalue weighted by Crippen LogP contribution is -2.04. The smallest absolute Gasteiger partial charge is 0.164 e. The van der Waals surface area contributed by atoms with Gasteiger partial charge in [-0.25, -0.2) is 9.97 Å². The number of halogens is 1. The number of benzene rings is 1. The third kappa shape index (κ3) is 2.16. The van der Waals surface area contributed by atoms with Crippen LogP contribution in [0.15, 0.2) is 30.5 Å². The number of hydrogen-bond acceptors (Lipinski definition) is 3. The summed E-state index contributed by atoms with van der Waals surface area (Å²) in [5.74, 6) is 0.945. The summed E-state index contributed by atoms with van der Waals surface area (Å²) in [6.45, 7) is 3.89. The molecule has 4 nitrogen and oxygen atoms in total. The molecule has 0 aliphatic carbocycles. The van der Waals surface area contributed by atoms with Crippen molar-refractivity contribution in [3.05, 3.63) is 53.0 Å². The van der Waals surface area contributed by atoms with E-state index in [0.717, 1.165) is 28.0 Å². The summed E-state index contributed by atoms with van der Waals surface area (Å²) in [6, 6.07) is 9.96. The molecule has 0 bridgehead atoms. The van der Waals surface area contributed by atoms with Crippen LogP contribution in [0.3, 0.4) is 0 Å². The van der Waals surface area contributed by atoms with Crippen molar-refractivity contribution in [2.45, 2.75) is 19.7 Å². The van der Waals surface area contributed by atoms with E-state index in [9.17, 15) is 5.26 Å². The van der Waals surface area contributed by atoms with Crippen LogP contribution in [-0.4, -0.2) is 14.5 Å². The second-order valence-electron chi connectivity index (χ2n) is 4.93. The van der Waals surface area contributed by atoms with Crippen LogP contribution in [-0.2, 0) is 5.88 Å². The number of aryl methyl sites for hydroxylation is 2. The molecule has 0 fully saturated rings. The van der Waals surface area contributed by atoms with Crippen LogP contribution in [0.5, 0.6) is 0 Å². The van der Waals surface area contributed by atoms with Crippen molar-refractivity contribution < 1.29 is 0 Å². The largest absolute Gasteiger partial charge is 0.278 e. The number of pyridine rings is 1. The fourth-order valence-electron chi connectivity index (χ4n) is 2.44. The molecule has 0 aliphatic rings. The van der Waals surface area contributed by atoms with Crippen LogP contribution >= 0.6 is 11.6 Å². The van der Waals surface area contributed by atoms with Gasteiger partial charge in [-0.2, -0.15) is 5.26 Å². The molecule has 0 spiro atoms. The van der Waals surface area contributed by atoms with E-state index in [1.165, 1.54) is 0 Å². The van der Waals surface area contributed by atoms with Gasteiger partial charge in [0.2, 0.25) is 0 Å². The molecule has 104 valence electrons. The fourth-order valence-corrected chi connectivity index (χ4v) is 2.62. The minimum Gasteiger partial charge on any atom is -0.278 e. The van der Waals surface area contributed by atoms with E-state index < -0.39 is 0 Å². The van der Waals surface area contributed by atoms with Gasteiger partial charge in [-0.05, 0) is 37.1 Å². The molecule has 3 aromatic rings. The SMILES string of the molecule is Cc1cnc2c(c1)nc(CCl)n2-c1cccc(C)c1C#N. The van der Waals surface area contributed by atoms with Crippen molar-refractivity contribution in [3.8, 4) is 11.8 Å². The van der Waals surface area contributed by atoms with Crippen molar-refractivity contribution in [2.24, 2.45) is 0 Å². The maximum atomic E-state index is 9.44. The predicted molar refractivity (Wildman–Crippen MR) is 82.6 cm³/mol. The number of alkyl halides is 1. The van der Waals surface area contributed by atoms with Crippen LogP contribution in [0.4, 0.5) is 0 Å². The van der Waals surface area contributed by atoms with Crippen molar-refractivity contribution in [2.75, 3.05) is 0 Å². The Labute approximate surface area is 127 Å². The van der Waals surface area contributed by atoms with Gasteiger partial charge >= 0.3 is 0 Å². The van der Waals surface area contributed by atoms with E-state index in [1.54, 1.807) is 6.20 Å². The monoisotopic (exact) mass is 296 g/mol. The lowest BCUT2D eigenvalue weighted by atomic mass is 10.1. The summed E-state index contributed by atoms with van der Waals surface area (Å²) in [4.78, 5) is 9.00. The number of imidazole rings is 1. The van der Waals surface area contributed by atoms with E-state index >= 15 is 0 Å². The summed E-state index contributed by atoms with van der Waals surface area (Å²) in [7, 11) is 0. The van der Waals surface area contributed by atoms with Gasteiger partial charge in [-0.15, -0.1) is 11.6 Å². The number of fused-ring (bicyclic) bond motifs is 1. The molecule has 0 radical (unpaired) electrons. The molecule has 0 aliphatic heterocycles. The maximum Gasteiger partial charge on any atom is 0.164 e. The topological polar surface area (TPSA) is 54.5 Å². The van der Waals surface area contributed by atoms with E-state index in [2.05, 4.69) is 16.0 Å². The molecule has 0 N–H and O–H groups in total. The molecule has 0 saturated heterocycles. The Morgan fingerprint density at radius 3 is 2.86 bits per heavy atom. The highest BCUT2D eigenvalue weighted by Crippen LogP contribution is 2.25. The van der Waals surface area contributed by atoms with Gasteiger partial charge in [0.15, 0.2) is 5.65 Å². The molecule has 21 heavy (non-hydrogen) atoms. The first-order valence-electron chi connectivity index (χ1n) is 6.55. The van der Waals surface area contributed by atoms with Crippen molar-refractivity contribution in [3.63, 3.8) is 0 Å². The van der Waals surface area contributed by atoms with Gasteiger partial charge in [0.25, 0.3) is 0 Å². The van der Waals surface area contributed by atoms with Crippen LogP contribution in [0.25, 0.3) is 16.9 Å². The Balaban J connectivity index is 2.40. The zero-order chi connectivity index (χ0) is 15.0. The third-order valence-corrected chi connectivity index (χ3v) is 3.67. The number of aromatic nitrogens is 3. The Hall–Kier alpha value is -2.38. The number of hydrogen-bond donors (Lipinski definition) is 0. The zero-order valence-corrected chi connectivity index (χ0v) is 12.5. The number of nitrogens with zero attached hydrogens (tertiary/aromatic N) is 4. The molecule has 1 aromatic carbocycles. The Morgan fingerprint density at radius 1 is 1.33 bits per heavy atom. The summed E-state index contributed by atoms with van der Waals surface area (Å²) < 4.78 is 1.87. The molecule has 0 atom stereocenters. The lowest BCUT2D eigenvalue weighted by Gasteiger charge is -2.10. The first-order valence-corrected chi connectivity index (χ1v) is 7.09.